The van der Waals surface area contributed by atoms with E-state index in [4.69, 9.17) is 4.74 Å². The number of hydrogen-bond acceptors (Lipinski definition) is 4. The number of rotatable bonds is 4. The molecule has 1 atom stereocenters. The number of hydrogen-bond donors (Lipinski definition) is 2. The number of benzene rings is 2. The van der Waals surface area contributed by atoms with E-state index in [-0.39, 0.29) is 18.3 Å². The van der Waals surface area contributed by atoms with E-state index in [0.717, 1.165) is 12.0 Å². The second kappa shape index (κ2) is 7.70. The molecule has 1 fully saturated rings. The summed E-state index contributed by atoms with van der Waals surface area (Å²) in [5.74, 6) is -0.205. The lowest BCUT2D eigenvalue weighted by Gasteiger charge is -2.23. The van der Waals surface area contributed by atoms with Crippen LogP contribution in [0.3, 0.4) is 0 Å². The highest BCUT2D eigenvalue weighted by atomic mass is 16.6. The van der Waals surface area contributed by atoms with Crippen molar-refractivity contribution in [1.29, 1.82) is 0 Å². The number of likely N-dealkylation sites (tertiary alicyclic amines) is 1. The molecule has 3 rings (SSSR count). The van der Waals surface area contributed by atoms with Crippen LogP contribution in [0.4, 0.5) is 10.5 Å². The minimum absolute atomic E-state index is 0.0725. The van der Waals surface area contributed by atoms with Crippen molar-refractivity contribution in [3.63, 3.8) is 0 Å². The minimum atomic E-state index is -0.564. The first-order valence-corrected chi connectivity index (χ1v) is 8.21. The van der Waals surface area contributed by atoms with Crippen LogP contribution in [0.2, 0.25) is 0 Å². The molecule has 1 aliphatic heterocycles. The van der Waals surface area contributed by atoms with Crippen molar-refractivity contribution in [3.8, 4) is 5.75 Å². The van der Waals surface area contributed by atoms with Gasteiger partial charge in [-0.05, 0) is 30.5 Å². The van der Waals surface area contributed by atoms with Gasteiger partial charge >= 0.3 is 6.09 Å². The van der Waals surface area contributed by atoms with Gasteiger partial charge in [-0.1, -0.05) is 36.4 Å². The summed E-state index contributed by atoms with van der Waals surface area (Å²) in [6.07, 6.45) is 0.848. The Bertz CT molecular complexity index is 748. The fraction of sp³-hybridized carbons (Fsp3) is 0.263. The summed E-state index contributed by atoms with van der Waals surface area (Å²) in [5, 5.41) is 12.2. The van der Waals surface area contributed by atoms with Crippen LogP contribution in [-0.2, 0) is 16.1 Å². The summed E-state index contributed by atoms with van der Waals surface area (Å²) in [5.41, 5.74) is 1.39. The summed E-state index contributed by atoms with van der Waals surface area (Å²) in [6.45, 7) is 0.669. The van der Waals surface area contributed by atoms with Gasteiger partial charge in [-0.15, -0.1) is 0 Å². The lowest BCUT2D eigenvalue weighted by atomic mass is 10.2. The normalized spacial score (nSPS) is 16.5. The zero-order chi connectivity index (χ0) is 17.6. The third-order valence-electron chi connectivity index (χ3n) is 4.11. The van der Waals surface area contributed by atoms with E-state index >= 15 is 0 Å². The molecule has 2 aromatic carbocycles. The van der Waals surface area contributed by atoms with Crippen LogP contribution in [0.1, 0.15) is 18.4 Å². The van der Waals surface area contributed by atoms with Crippen LogP contribution in [0.25, 0.3) is 0 Å². The summed E-state index contributed by atoms with van der Waals surface area (Å²) in [4.78, 5) is 26.3. The van der Waals surface area contributed by atoms with Gasteiger partial charge in [-0.25, -0.2) is 4.79 Å². The zero-order valence-electron chi connectivity index (χ0n) is 13.7. The van der Waals surface area contributed by atoms with Gasteiger partial charge in [0.15, 0.2) is 0 Å². The number of amides is 2. The maximum atomic E-state index is 12.5. The lowest BCUT2D eigenvalue weighted by Crippen LogP contribution is -2.43. The molecule has 6 nitrogen and oxygen atoms in total. The maximum Gasteiger partial charge on any atom is 0.410 e. The van der Waals surface area contributed by atoms with Crippen molar-refractivity contribution >= 4 is 17.7 Å². The first-order valence-electron chi connectivity index (χ1n) is 8.21. The lowest BCUT2D eigenvalue weighted by molar-refractivity contribution is -0.120. The van der Waals surface area contributed by atoms with Crippen molar-refractivity contribution in [2.24, 2.45) is 0 Å². The number of ether oxygens (including phenoxy) is 1. The summed E-state index contributed by atoms with van der Waals surface area (Å²) in [7, 11) is 0. The predicted octanol–water partition coefficient (Wildman–Crippen LogP) is 3.13. The number of nitrogens with zero attached hydrogens (tertiary/aromatic N) is 1. The standard InChI is InChI=1S/C19H20N2O4/c22-16-9-4-8-15(12-16)20-18(23)17-10-5-11-21(17)19(24)25-13-14-6-2-1-3-7-14/h1-4,6-9,12,17,22H,5,10-11,13H2,(H,20,23)/t17-/m1/s1. The third-order valence-corrected chi connectivity index (χ3v) is 4.11. The van der Waals surface area contributed by atoms with Crippen molar-refractivity contribution in [1.82, 2.24) is 4.90 Å². The molecule has 1 saturated heterocycles. The Hall–Kier alpha value is -3.02. The number of aromatic hydroxyl groups is 1. The Morgan fingerprint density at radius 2 is 1.96 bits per heavy atom. The van der Waals surface area contributed by atoms with Crippen LogP contribution in [0, 0.1) is 0 Å². The first kappa shape index (κ1) is 16.8. The Balaban J connectivity index is 1.59. The molecule has 0 aromatic heterocycles. The number of carbonyl (C=O) groups is 2. The second-order valence-electron chi connectivity index (χ2n) is 5.93. The van der Waals surface area contributed by atoms with E-state index in [1.807, 2.05) is 30.3 Å². The number of anilines is 1. The Kier molecular flexibility index (Phi) is 5.18. The molecule has 6 heteroatoms. The van der Waals surface area contributed by atoms with E-state index in [0.29, 0.717) is 18.7 Å². The van der Waals surface area contributed by atoms with Gasteiger partial charge in [0.05, 0.1) is 0 Å². The number of phenolic OH excluding ortho intramolecular Hbond substituents is 1. The van der Waals surface area contributed by atoms with Crippen LogP contribution in [-0.4, -0.2) is 34.6 Å². The fourth-order valence-electron chi connectivity index (χ4n) is 2.87. The molecule has 2 aromatic rings. The molecule has 0 aliphatic carbocycles. The van der Waals surface area contributed by atoms with E-state index in [1.54, 1.807) is 12.1 Å². The van der Waals surface area contributed by atoms with Gasteiger partial charge in [0.2, 0.25) is 5.91 Å². The molecule has 130 valence electrons. The molecule has 2 N–H and O–H groups in total. The van der Waals surface area contributed by atoms with Gasteiger partial charge in [-0.2, -0.15) is 0 Å². The molecule has 25 heavy (non-hydrogen) atoms. The average molecular weight is 340 g/mol. The molecular formula is C19H20N2O4. The maximum absolute atomic E-state index is 12.5. The fourth-order valence-corrected chi connectivity index (χ4v) is 2.87. The summed E-state index contributed by atoms with van der Waals surface area (Å²) >= 11 is 0. The Morgan fingerprint density at radius 1 is 1.16 bits per heavy atom. The highest BCUT2D eigenvalue weighted by molar-refractivity contribution is 5.97. The molecule has 0 unspecified atom stereocenters. The van der Waals surface area contributed by atoms with Crippen molar-refractivity contribution in [2.75, 3.05) is 11.9 Å². The topological polar surface area (TPSA) is 78.9 Å². The van der Waals surface area contributed by atoms with Gasteiger partial charge in [-0.3, -0.25) is 9.69 Å². The molecular weight excluding hydrogens is 320 g/mol. The second-order valence-corrected chi connectivity index (χ2v) is 5.93. The minimum Gasteiger partial charge on any atom is -0.508 e. The van der Waals surface area contributed by atoms with Crippen LogP contribution in [0.15, 0.2) is 54.6 Å². The van der Waals surface area contributed by atoms with Crippen LogP contribution < -0.4 is 5.32 Å². The van der Waals surface area contributed by atoms with Crippen molar-refractivity contribution in [3.05, 3.63) is 60.2 Å². The van der Waals surface area contributed by atoms with E-state index in [9.17, 15) is 14.7 Å². The third kappa shape index (κ3) is 4.29. The van der Waals surface area contributed by atoms with Crippen LogP contribution in [0.5, 0.6) is 5.75 Å². The summed E-state index contributed by atoms with van der Waals surface area (Å²) < 4.78 is 5.33. The first-order chi connectivity index (χ1) is 12.1. The highest BCUT2D eigenvalue weighted by Gasteiger charge is 2.35. The number of carbonyl (C=O) groups excluding carboxylic acids is 2. The number of phenols is 1. The predicted molar refractivity (Wildman–Crippen MR) is 93.1 cm³/mol. The van der Waals surface area contributed by atoms with Crippen molar-refractivity contribution in [2.45, 2.75) is 25.5 Å². The van der Waals surface area contributed by atoms with E-state index in [2.05, 4.69) is 5.32 Å². The smallest absolute Gasteiger partial charge is 0.410 e. The van der Waals surface area contributed by atoms with Gasteiger partial charge in [0.25, 0.3) is 0 Å². The van der Waals surface area contributed by atoms with Crippen LogP contribution >= 0.6 is 0 Å². The molecule has 1 heterocycles. The van der Waals surface area contributed by atoms with Gasteiger partial charge < -0.3 is 15.2 Å². The molecule has 0 saturated carbocycles. The monoisotopic (exact) mass is 340 g/mol. The van der Waals surface area contributed by atoms with E-state index < -0.39 is 12.1 Å². The molecule has 0 radical (unpaired) electrons. The summed E-state index contributed by atoms with van der Waals surface area (Å²) in [6, 6.07) is 15.2. The Labute approximate surface area is 146 Å². The molecule has 0 bridgehead atoms. The van der Waals surface area contributed by atoms with Gasteiger partial charge in [0.1, 0.15) is 18.4 Å². The molecule has 1 aliphatic rings. The average Bonchev–Trinajstić information content (AvgIpc) is 3.10. The molecule has 2 amide bonds. The zero-order valence-corrected chi connectivity index (χ0v) is 13.7. The quantitative estimate of drug-likeness (QED) is 0.896. The highest BCUT2D eigenvalue weighted by Crippen LogP contribution is 2.22. The Morgan fingerprint density at radius 3 is 2.72 bits per heavy atom. The largest absolute Gasteiger partial charge is 0.508 e. The van der Waals surface area contributed by atoms with Gasteiger partial charge in [0, 0.05) is 18.3 Å². The van der Waals surface area contributed by atoms with Crippen molar-refractivity contribution < 1.29 is 19.4 Å². The SMILES string of the molecule is O=C(Nc1cccc(O)c1)[C@H]1CCCN1C(=O)OCc1ccccc1. The molecule has 0 spiro atoms. The van der Waals surface area contributed by atoms with E-state index in [1.165, 1.54) is 17.0 Å². The number of nitrogens with one attached hydrogen (secondary N) is 1.